The van der Waals surface area contributed by atoms with E-state index < -0.39 is 0 Å². The summed E-state index contributed by atoms with van der Waals surface area (Å²) >= 11 is 0. The van der Waals surface area contributed by atoms with Crippen LogP contribution >= 0.6 is 0 Å². The number of carbonyl (C=O) groups is 2. The summed E-state index contributed by atoms with van der Waals surface area (Å²) in [6, 6.07) is 5.55. The van der Waals surface area contributed by atoms with Crippen molar-refractivity contribution in [3.8, 4) is 6.07 Å². The van der Waals surface area contributed by atoms with Crippen LogP contribution in [0.3, 0.4) is 0 Å². The van der Waals surface area contributed by atoms with E-state index >= 15 is 0 Å². The van der Waals surface area contributed by atoms with Crippen molar-refractivity contribution in [2.75, 3.05) is 11.4 Å². The summed E-state index contributed by atoms with van der Waals surface area (Å²) in [4.78, 5) is 31.7. The van der Waals surface area contributed by atoms with Gasteiger partial charge in [-0.1, -0.05) is 5.21 Å². The van der Waals surface area contributed by atoms with E-state index in [4.69, 9.17) is 0 Å². The van der Waals surface area contributed by atoms with Gasteiger partial charge in [0.25, 0.3) is 5.91 Å². The van der Waals surface area contributed by atoms with E-state index in [1.54, 1.807) is 21.8 Å². The molecule has 3 fully saturated rings. The first-order valence-corrected chi connectivity index (χ1v) is 13.0. The van der Waals surface area contributed by atoms with Crippen LogP contribution in [-0.4, -0.2) is 54.6 Å². The van der Waals surface area contributed by atoms with Gasteiger partial charge in [-0.25, -0.2) is 4.68 Å². The highest BCUT2D eigenvalue weighted by Gasteiger charge is 2.53. The molecule has 11 nitrogen and oxygen atoms in total. The highest BCUT2D eigenvalue weighted by Crippen LogP contribution is 2.47. The lowest BCUT2D eigenvalue weighted by Gasteiger charge is -2.35. The Balaban J connectivity index is 1.11. The van der Waals surface area contributed by atoms with Crippen LogP contribution < -0.4 is 10.2 Å². The fourth-order valence-electron chi connectivity index (χ4n) is 5.63. The van der Waals surface area contributed by atoms with E-state index in [-0.39, 0.29) is 41.4 Å². The summed E-state index contributed by atoms with van der Waals surface area (Å²) in [5.41, 5.74) is 5.10. The van der Waals surface area contributed by atoms with Gasteiger partial charge in [-0.05, 0) is 76.1 Å². The van der Waals surface area contributed by atoms with Gasteiger partial charge in [0.1, 0.15) is 6.07 Å². The minimum atomic E-state index is -0.295. The molecule has 11 heteroatoms. The summed E-state index contributed by atoms with van der Waals surface area (Å²) in [6.45, 7) is 8.49. The van der Waals surface area contributed by atoms with Crippen molar-refractivity contribution in [1.29, 1.82) is 5.26 Å². The van der Waals surface area contributed by atoms with E-state index in [0.29, 0.717) is 17.3 Å². The van der Waals surface area contributed by atoms with Gasteiger partial charge in [-0.2, -0.15) is 10.4 Å². The van der Waals surface area contributed by atoms with Crippen molar-refractivity contribution in [2.45, 2.75) is 65.0 Å². The molecule has 2 aliphatic carbocycles. The maximum absolute atomic E-state index is 12.9. The molecule has 3 aliphatic rings. The van der Waals surface area contributed by atoms with Gasteiger partial charge in [-0.3, -0.25) is 19.5 Å². The van der Waals surface area contributed by atoms with Gasteiger partial charge in [0.15, 0.2) is 11.5 Å². The third kappa shape index (κ3) is 4.00. The molecule has 3 aromatic rings. The summed E-state index contributed by atoms with van der Waals surface area (Å²) in [6.07, 6.45) is 4.06. The van der Waals surface area contributed by atoms with Crippen molar-refractivity contribution in [2.24, 2.45) is 11.8 Å². The normalized spacial score (nSPS) is 24.4. The van der Waals surface area contributed by atoms with Crippen LogP contribution in [0.1, 0.15) is 82.4 Å². The maximum Gasteiger partial charge on any atom is 0.273 e. The number of nitriles is 1. The second kappa shape index (κ2) is 8.97. The number of amides is 2. The lowest BCUT2D eigenvalue weighted by molar-refractivity contribution is -0.118. The van der Waals surface area contributed by atoms with Gasteiger partial charge < -0.3 is 5.32 Å². The van der Waals surface area contributed by atoms with Crippen LogP contribution in [0.25, 0.3) is 0 Å². The third-order valence-corrected chi connectivity index (χ3v) is 8.29. The fraction of sp³-hybridized carbons (Fsp3) is 0.481. The number of carbonyl (C=O) groups excluding carboxylic acids is 2. The van der Waals surface area contributed by atoms with Crippen LogP contribution in [0.2, 0.25) is 0 Å². The molecule has 0 aromatic carbocycles. The summed E-state index contributed by atoms with van der Waals surface area (Å²) < 4.78 is 1.61. The van der Waals surface area contributed by atoms with E-state index in [1.807, 2.05) is 33.8 Å². The molecule has 0 bridgehead atoms. The molecule has 38 heavy (non-hydrogen) atoms. The first kappa shape index (κ1) is 24.2. The number of hydrogen-bond acceptors (Lipinski definition) is 8. The van der Waals surface area contributed by atoms with Gasteiger partial charge in [0, 0.05) is 30.1 Å². The minimum Gasteiger partial charge on any atom is -0.348 e. The lowest BCUT2D eigenvalue weighted by atomic mass is 9.76. The Hall–Kier alpha value is -4.20. The Kier molecular flexibility index (Phi) is 5.70. The van der Waals surface area contributed by atoms with Crippen LogP contribution in [0, 0.1) is 43.9 Å². The first-order valence-electron chi connectivity index (χ1n) is 13.0. The summed E-state index contributed by atoms with van der Waals surface area (Å²) in [5, 5.41) is 29.5. The molecule has 2 amide bonds. The van der Waals surface area contributed by atoms with Crippen molar-refractivity contribution in [3.63, 3.8) is 0 Å². The number of hydrogen-bond donors (Lipinski definition) is 1. The number of aryl methyl sites for hydroxylation is 1. The molecule has 3 aromatic heterocycles. The largest absolute Gasteiger partial charge is 0.348 e. The van der Waals surface area contributed by atoms with Crippen molar-refractivity contribution in [1.82, 2.24) is 35.5 Å². The summed E-state index contributed by atoms with van der Waals surface area (Å²) in [5.74, 6) is 1.27. The molecule has 6 rings (SSSR count). The van der Waals surface area contributed by atoms with Crippen LogP contribution in [-0.2, 0) is 4.79 Å². The molecule has 0 radical (unpaired) electrons. The molecule has 4 heterocycles. The minimum absolute atomic E-state index is 0.00781. The van der Waals surface area contributed by atoms with Crippen molar-refractivity contribution in [3.05, 3.63) is 57.8 Å². The van der Waals surface area contributed by atoms with Crippen molar-refractivity contribution >= 4 is 17.6 Å². The van der Waals surface area contributed by atoms with Gasteiger partial charge in [0.05, 0.1) is 29.2 Å². The molecular weight excluding hydrogens is 482 g/mol. The Morgan fingerprint density at radius 3 is 2.63 bits per heavy atom. The third-order valence-electron chi connectivity index (χ3n) is 8.29. The van der Waals surface area contributed by atoms with E-state index in [1.165, 1.54) is 0 Å². The number of piperidine rings is 1. The van der Waals surface area contributed by atoms with E-state index in [9.17, 15) is 14.9 Å². The molecular formula is C27H29N9O2. The number of nitrogens with zero attached hydrogens (tertiary/aromatic N) is 8. The number of anilines is 1. The first-order chi connectivity index (χ1) is 18.2. The average Bonchev–Trinajstić information content (AvgIpc) is 3.33. The number of fused-ring (bicyclic) bond motifs is 1. The zero-order valence-corrected chi connectivity index (χ0v) is 21.8. The zero-order chi connectivity index (χ0) is 26.7. The molecule has 2 saturated carbocycles. The highest BCUT2D eigenvalue weighted by atomic mass is 16.2. The lowest BCUT2D eigenvalue weighted by Crippen LogP contribution is -2.43. The zero-order valence-electron chi connectivity index (χ0n) is 21.8. The second-order valence-corrected chi connectivity index (χ2v) is 10.8. The van der Waals surface area contributed by atoms with E-state index in [0.717, 1.165) is 54.0 Å². The molecule has 1 aliphatic heterocycles. The topological polar surface area (TPSA) is 143 Å². The molecule has 1 N–H and O–H groups in total. The average molecular weight is 512 g/mol. The Labute approximate surface area is 220 Å². The van der Waals surface area contributed by atoms with Gasteiger partial charge in [-0.15, -0.1) is 10.2 Å². The quantitative estimate of drug-likeness (QED) is 0.532. The molecule has 1 saturated heterocycles. The molecule has 3 atom stereocenters. The van der Waals surface area contributed by atoms with Crippen molar-refractivity contribution < 1.29 is 9.59 Å². The van der Waals surface area contributed by atoms with Crippen LogP contribution in [0.5, 0.6) is 0 Å². The Morgan fingerprint density at radius 2 is 1.92 bits per heavy atom. The number of aromatic nitrogens is 6. The smallest absolute Gasteiger partial charge is 0.273 e. The Morgan fingerprint density at radius 1 is 1.13 bits per heavy atom. The molecule has 0 spiro atoms. The summed E-state index contributed by atoms with van der Waals surface area (Å²) in [7, 11) is 0. The SMILES string of the molecule is Cc1ccc(C#N)c(C2CC(NC(=O)c3cn(C(C)c4nnc(N5C[C@H]6C[C@H]6C5=O)c(C)c4C)nn3)C2)n1. The monoisotopic (exact) mass is 511 g/mol. The second-order valence-electron chi connectivity index (χ2n) is 10.8. The van der Waals surface area contributed by atoms with Crippen LogP contribution in [0.4, 0.5) is 5.82 Å². The predicted octanol–water partition coefficient (Wildman–Crippen LogP) is 2.53. The van der Waals surface area contributed by atoms with Crippen LogP contribution in [0.15, 0.2) is 18.3 Å². The highest BCUT2D eigenvalue weighted by molar-refractivity contribution is 5.99. The predicted molar refractivity (Wildman–Crippen MR) is 136 cm³/mol. The maximum atomic E-state index is 12.9. The molecule has 1 unspecified atom stereocenters. The number of nitrogens with one attached hydrogen (secondary N) is 1. The Bertz CT molecular complexity index is 1500. The molecule has 194 valence electrons. The number of pyridine rings is 1. The van der Waals surface area contributed by atoms with E-state index in [2.05, 4.69) is 36.9 Å². The van der Waals surface area contributed by atoms with Gasteiger partial charge >= 0.3 is 0 Å². The standard InChI is InChI=1S/C27H29N9O2/c1-13-5-6-17(10-28)24(29-13)18-7-20(8-18)30-26(37)22-12-36(34-31-22)16(4)23-14(2)15(3)25(33-32-23)35-11-19-9-21(19)27(35)38/h5-6,12,16,18-21H,7-9,11H2,1-4H3,(H,30,37)/t16?,18?,19-,20?,21-/m1/s1. The number of rotatable bonds is 6. The van der Waals surface area contributed by atoms with Gasteiger partial charge in [0.2, 0.25) is 5.91 Å². The fourth-order valence-corrected chi connectivity index (χ4v) is 5.63.